The molecule has 7 heteroatoms. The van der Waals surface area contributed by atoms with Crippen LogP contribution in [0, 0.1) is 0 Å². The van der Waals surface area contributed by atoms with E-state index in [1.54, 1.807) is 6.07 Å². The fourth-order valence-corrected chi connectivity index (χ4v) is 2.27. The third kappa shape index (κ3) is 4.99. The molecule has 0 aliphatic rings. The molecule has 6 nitrogen and oxygen atoms in total. The van der Waals surface area contributed by atoms with Gasteiger partial charge in [0.15, 0.2) is 0 Å². The topological polar surface area (TPSA) is 90.6 Å². The second-order valence-electron chi connectivity index (χ2n) is 4.22. The summed E-state index contributed by atoms with van der Waals surface area (Å²) in [6, 6.07) is 4.38. The second-order valence-corrected chi connectivity index (χ2v) is 6.11. The summed E-state index contributed by atoms with van der Waals surface area (Å²) in [5.41, 5.74) is 6.06. The molecule has 0 bridgehead atoms. The predicted molar refractivity (Wildman–Crippen MR) is 78.3 cm³/mol. The number of nitrogens with one attached hydrogen (secondary N) is 1. The van der Waals surface area contributed by atoms with Gasteiger partial charge < -0.3 is 15.2 Å². The van der Waals surface area contributed by atoms with Gasteiger partial charge in [-0.1, -0.05) is 13.3 Å². The van der Waals surface area contributed by atoms with Crippen LogP contribution >= 0.6 is 0 Å². The zero-order chi connectivity index (χ0) is 15.0. The van der Waals surface area contributed by atoms with E-state index in [1.165, 1.54) is 19.2 Å². The summed E-state index contributed by atoms with van der Waals surface area (Å²) in [6.45, 7) is 3.68. The smallest absolute Gasteiger partial charge is 0.240 e. The number of sulfonamides is 1. The van der Waals surface area contributed by atoms with Gasteiger partial charge in [-0.3, -0.25) is 0 Å². The van der Waals surface area contributed by atoms with E-state index in [0.717, 1.165) is 12.8 Å². The second kappa shape index (κ2) is 8.08. The molecule has 0 spiro atoms. The molecular weight excluding hydrogens is 280 g/mol. The van der Waals surface area contributed by atoms with Gasteiger partial charge in [-0.25, -0.2) is 13.1 Å². The molecule has 0 amide bonds. The molecule has 0 radical (unpaired) electrons. The van der Waals surface area contributed by atoms with Crippen molar-refractivity contribution in [1.29, 1.82) is 0 Å². The Hall–Kier alpha value is -1.31. The zero-order valence-corrected chi connectivity index (χ0v) is 12.7. The highest BCUT2D eigenvalue weighted by molar-refractivity contribution is 7.89. The Morgan fingerprint density at radius 3 is 2.60 bits per heavy atom. The minimum absolute atomic E-state index is 0.115. The van der Waals surface area contributed by atoms with Crippen molar-refractivity contribution in [3.05, 3.63) is 18.2 Å². The Labute approximate surface area is 120 Å². The highest BCUT2D eigenvalue weighted by atomic mass is 32.2. The number of hydrogen-bond donors (Lipinski definition) is 2. The quantitative estimate of drug-likeness (QED) is 0.531. The summed E-state index contributed by atoms with van der Waals surface area (Å²) in [7, 11) is -2.13. The van der Waals surface area contributed by atoms with E-state index in [1.807, 2.05) is 0 Å². The summed E-state index contributed by atoms with van der Waals surface area (Å²) in [6.07, 6.45) is 2.12. The number of anilines is 1. The van der Waals surface area contributed by atoms with Crippen molar-refractivity contribution in [1.82, 2.24) is 4.72 Å². The molecular formula is C13H22N2O4S. The third-order valence-corrected chi connectivity index (χ3v) is 4.10. The lowest BCUT2D eigenvalue weighted by Gasteiger charge is -2.10. The minimum atomic E-state index is -3.48. The number of benzene rings is 1. The van der Waals surface area contributed by atoms with E-state index in [2.05, 4.69) is 11.6 Å². The van der Waals surface area contributed by atoms with Crippen molar-refractivity contribution in [2.24, 2.45) is 0 Å². The number of unbranched alkanes of at least 4 members (excludes halogenated alkanes) is 1. The fraction of sp³-hybridized carbons (Fsp3) is 0.538. The van der Waals surface area contributed by atoms with Crippen LogP contribution in [0.3, 0.4) is 0 Å². The van der Waals surface area contributed by atoms with Gasteiger partial charge in [-0.2, -0.15) is 0 Å². The van der Waals surface area contributed by atoms with Gasteiger partial charge >= 0.3 is 0 Å². The van der Waals surface area contributed by atoms with Gasteiger partial charge in [0.2, 0.25) is 10.0 Å². The van der Waals surface area contributed by atoms with Gasteiger partial charge in [0.05, 0.1) is 17.2 Å². The monoisotopic (exact) mass is 302 g/mol. The molecule has 0 atom stereocenters. The van der Waals surface area contributed by atoms with Crippen LogP contribution in [0.25, 0.3) is 0 Å². The van der Waals surface area contributed by atoms with E-state index in [9.17, 15) is 8.42 Å². The molecule has 0 aromatic heterocycles. The molecule has 114 valence electrons. The number of rotatable bonds is 9. The first-order chi connectivity index (χ1) is 9.51. The van der Waals surface area contributed by atoms with Crippen LogP contribution in [-0.4, -0.2) is 35.3 Å². The lowest BCUT2D eigenvalue weighted by Crippen LogP contribution is -2.18. The van der Waals surface area contributed by atoms with Crippen LogP contribution in [-0.2, 0) is 14.8 Å². The summed E-state index contributed by atoms with van der Waals surface area (Å²) in [5.74, 6) is 0.458. The van der Waals surface area contributed by atoms with Gasteiger partial charge in [0, 0.05) is 6.61 Å². The summed E-state index contributed by atoms with van der Waals surface area (Å²) in [5, 5.41) is 0. The highest BCUT2D eigenvalue weighted by Crippen LogP contribution is 2.24. The van der Waals surface area contributed by atoms with E-state index in [0.29, 0.717) is 25.6 Å². The highest BCUT2D eigenvalue weighted by Gasteiger charge is 2.13. The van der Waals surface area contributed by atoms with Crippen LogP contribution in [0.15, 0.2) is 23.1 Å². The maximum absolute atomic E-state index is 11.6. The van der Waals surface area contributed by atoms with Crippen molar-refractivity contribution in [2.45, 2.75) is 24.7 Å². The molecule has 20 heavy (non-hydrogen) atoms. The van der Waals surface area contributed by atoms with Gasteiger partial charge in [0.25, 0.3) is 0 Å². The van der Waals surface area contributed by atoms with Crippen molar-refractivity contribution < 1.29 is 17.9 Å². The molecule has 0 saturated carbocycles. The molecule has 0 saturated heterocycles. The SMILES string of the molecule is CCCCOCCOc1ccc(S(=O)(=O)NC)cc1N. The normalized spacial score (nSPS) is 11.5. The molecule has 0 unspecified atom stereocenters. The average Bonchev–Trinajstić information content (AvgIpc) is 2.44. The van der Waals surface area contributed by atoms with Crippen LogP contribution in [0.2, 0.25) is 0 Å². The maximum Gasteiger partial charge on any atom is 0.240 e. The first-order valence-electron chi connectivity index (χ1n) is 6.55. The Bertz CT molecular complexity index is 517. The first kappa shape index (κ1) is 16.7. The van der Waals surface area contributed by atoms with Gasteiger partial charge in [-0.05, 0) is 31.7 Å². The molecule has 0 aliphatic heterocycles. The number of nitrogen functional groups attached to an aromatic ring is 1. The molecule has 1 aromatic carbocycles. The van der Waals surface area contributed by atoms with Crippen molar-refractivity contribution in [2.75, 3.05) is 32.6 Å². The lowest BCUT2D eigenvalue weighted by molar-refractivity contribution is 0.0983. The van der Waals surface area contributed by atoms with Gasteiger partial charge in [0.1, 0.15) is 12.4 Å². The van der Waals surface area contributed by atoms with Crippen LogP contribution in [0.1, 0.15) is 19.8 Å². The van der Waals surface area contributed by atoms with E-state index in [4.69, 9.17) is 15.2 Å². The average molecular weight is 302 g/mol. The first-order valence-corrected chi connectivity index (χ1v) is 8.03. The molecule has 1 rings (SSSR count). The number of hydrogen-bond acceptors (Lipinski definition) is 5. The van der Waals surface area contributed by atoms with Gasteiger partial charge in [-0.15, -0.1) is 0 Å². The largest absolute Gasteiger partial charge is 0.489 e. The van der Waals surface area contributed by atoms with E-state index in [-0.39, 0.29) is 10.6 Å². The van der Waals surface area contributed by atoms with Crippen molar-refractivity contribution in [3.8, 4) is 5.75 Å². The maximum atomic E-state index is 11.6. The van der Waals surface area contributed by atoms with E-state index >= 15 is 0 Å². The predicted octanol–water partition coefficient (Wildman–Crippen LogP) is 1.37. The van der Waals surface area contributed by atoms with E-state index < -0.39 is 10.0 Å². The van der Waals surface area contributed by atoms with Crippen molar-refractivity contribution >= 4 is 15.7 Å². The molecule has 0 heterocycles. The Morgan fingerprint density at radius 2 is 2.00 bits per heavy atom. The summed E-state index contributed by atoms with van der Waals surface area (Å²) >= 11 is 0. The Kier molecular flexibility index (Phi) is 6.77. The minimum Gasteiger partial charge on any atom is -0.489 e. The zero-order valence-electron chi connectivity index (χ0n) is 11.9. The molecule has 0 aliphatic carbocycles. The summed E-state index contributed by atoms with van der Waals surface area (Å²) < 4.78 is 36.2. The number of ether oxygens (including phenoxy) is 2. The molecule has 0 fully saturated rings. The summed E-state index contributed by atoms with van der Waals surface area (Å²) in [4.78, 5) is 0.115. The van der Waals surface area contributed by atoms with Crippen LogP contribution < -0.4 is 15.2 Å². The number of nitrogens with two attached hydrogens (primary N) is 1. The van der Waals surface area contributed by atoms with Crippen LogP contribution in [0.5, 0.6) is 5.75 Å². The Morgan fingerprint density at radius 1 is 1.25 bits per heavy atom. The standard InChI is InChI=1S/C13H22N2O4S/c1-3-4-7-18-8-9-19-13-6-5-11(10-12(13)14)20(16,17)15-2/h5-6,10,15H,3-4,7-9,14H2,1-2H3. The molecule has 3 N–H and O–H groups in total. The lowest BCUT2D eigenvalue weighted by atomic mass is 10.3. The third-order valence-electron chi connectivity index (χ3n) is 2.69. The van der Waals surface area contributed by atoms with Crippen LogP contribution in [0.4, 0.5) is 5.69 Å². The van der Waals surface area contributed by atoms with Crippen molar-refractivity contribution in [3.63, 3.8) is 0 Å². The molecule has 1 aromatic rings. The fourth-order valence-electron chi connectivity index (χ4n) is 1.50. The Balaban J connectivity index is 2.53.